The van der Waals surface area contributed by atoms with E-state index in [1.54, 1.807) is 13.0 Å². The molecule has 0 radical (unpaired) electrons. The Morgan fingerprint density at radius 2 is 2.06 bits per heavy atom. The molecular formula is C11H15ClF2N2O2. The molecule has 1 amide bonds. The van der Waals surface area contributed by atoms with Gasteiger partial charge < -0.3 is 15.8 Å². The molecule has 0 aliphatic rings. The number of benzene rings is 1. The molecule has 1 rings (SSSR count). The fourth-order valence-electron chi connectivity index (χ4n) is 1.21. The van der Waals surface area contributed by atoms with Gasteiger partial charge >= 0.3 is 6.61 Å². The maximum absolute atomic E-state index is 12.1. The summed E-state index contributed by atoms with van der Waals surface area (Å²) >= 11 is 0. The molecule has 0 heterocycles. The van der Waals surface area contributed by atoms with Crippen LogP contribution in [0.15, 0.2) is 24.3 Å². The molecule has 0 saturated heterocycles. The van der Waals surface area contributed by atoms with E-state index in [0.29, 0.717) is 0 Å². The third kappa shape index (κ3) is 4.85. The Labute approximate surface area is 110 Å². The minimum Gasteiger partial charge on any atom is -0.434 e. The topological polar surface area (TPSA) is 64.3 Å². The van der Waals surface area contributed by atoms with Crippen LogP contribution in [0.1, 0.15) is 17.3 Å². The monoisotopic (exact) mass is 280 g/mol. The van der Waals surface area contributed by atoms with E-state index in [1.165, 1.54) is 18.2 Å². The molecule has 1 aromatic carbocycles. The standard InChI is InChI=1S/C11H14F2N2O2.ClH/c1-7(6-14)15-10(16)8-4-2-3-5-9(8)17-11(12)13;/h2-5,7,11H,6,14H2,1H3,(H,15,16);1H/t7-;/m0./s1. The number of nitrogens with two attached hydrogens (primary N) is 1. The van der Waals surface area contributed by atoms with Crippen molar-refractivity contribution in [2.75, 3.05) is 6.54 Å². The zero-order valence-corrected chi connectivity index (χ0v) is 10.5. The Bertz CT molecular complexity index is 391. The summed E-state index contributed by atoms with van der Waals surface area (Å²) in [5.41, 5.74) is 5.41. The SMILES string of the molecule is C[C@@H](CN)NC(=O)c1ccccc1OC(F)F.Cl. The van der Waals surface area contributed by atoms with Crippen molar-refractivity contribution in [3.8, 4) is 5.75 Å². The molecule has 102 valence electrons. The first-order valence-electron chi connectivity index (χ1n) is 5.09. The van der Waals surface area contributed by atoms with Crippen molar-refractivity contribution in [3.05, 3.63) is 29.8 Å². The molecule has 1 aromatic rings. The van der Waals surface area contributed by atoms with Crippen LogP contribution in [-0.2, 0) is 0 Å². The highest BCUT2D eigenvalue weighted by molar-refractivity contribution is 5.97. The van der Waals surface area contributed by atoms with Crippen molar-refractivity contribution in [1.29, 1.82) is 0 Å². The second-order valence-corrected chi connectivity index (χ2v) is 3.48. The largest absolute Gasteiger partial charge is 0.434 e. The van der Waals surface area contributed by atoms with Crippen LogP contribution in [0.3, 0.4) is 0 Å². The molecule has 0 aromatic heterocycles. The van der Waals surface area contributed by atoms with Gasteiger partial charge in [0.25, 0.3) is 5.91 Å². The molecule has 0 aliphatic heterocycles. The highest BCUT2D eigenvalue weighted by Crippen LogP contribution is 2.20. The Balaban J connectivity index is 0.00000289. The molecule has 0 bridgehead atoms. The van der Waals surface area contributed by atoms with E-state index in [4.69, 9.17) is 5.73 Å². The summed E-state index contributed by atoms with van der Waals surface area (Å²) in [6.45, 7) is -0.978. The van der Waals surface area contributed by atoms with Gasteiger partial charge in [0.2, 0.25) is 0 Å². The summed E-state index contributed by atoms with van der Waals surface area (Å²) < 4.78 is 28.5. The predicted molar refractivity (Wildman–Crippen MR) is 66.3 cm³/mol. The molecular weight excluding hydrogens is 266 g/mol. The summed E-state index contributed by atoms with van der Waals surface area (Å²) in [6.07, 6.45) is 0. The highest BCUT2D eigenvalue weighted by Gasteiger charge is 2.16. The summed E-state index contributed by atoms with van der Waals surface area (Å²) in [7, 11) is 0. The zero-order chi connectivity index (χ0) is 12.8. The summed E-state index contributed by atoms with van der Waals surface area (Å²) in [4.78, 5) is 11.7. The summed E-state index contributed by atoms with van der Waals surface area (Å²) in [5.74, 6) is -0.636. The summed E-state index contributed by atoms with van der Waals surface area (Å²) in [6, 6.07) is 5.58. The summed E-state index contributed by atoms with van der Waals surface area (Å²) in [5, 5.41) is 2.57. The van der Waals surface area contributed by atoms with Crippen LogP contribution in [-0.4, -0.2) is 25.1 Å². The molecule has 3 N–H and O–H groups in total. The van der Waals surface area contributed by atoms with Crippen LogP contribution in [0.4, 0.5) is 8.78 Å². The third-order valence-corrected chi connectivity index (χ3v) is 2.08. The lowest BCUT2D eigenvalue weighted by atomic mass is 10.1. The fourth-order valence-corrected chi connectivity index (χ4v) is 1.21. The van der Waals surface area contributed by atoms with Crippen molar-refractivity contribution >= 4 is 18.3 Å². The molecule has 4 nitrogen and oxygen atoms in total. The molecule has 7 heteroatoms. The lowest BCUT2D eigenvalue weighted by Crippen LogP contribution is -2.38. The average molecular weight is 281 g/mol. The number of alkyl halides is 2. The number of hydrogen-bond acceptors (Lipinski definition) is 3. The third-order valence-electron chi connectivity index (χ3n) is 2.08. The molecule has 0 unspecified atom stereocenters. The van der Waals surface area contributed by atoms with Crippen LogP contribution in [0.25, 0.3) is 0 Å². The lowest BCUT2D eigenvalue weighted by molar-refractivity contribution is -0.0501. The number of amides is 1. The van der Waals surface area contributed by atoms with Gasteiger partial charge in [-0.3, -0.25) is 4.79 Å². The van der Waals surface area contributed by atoms with Gasteiger partial charge in [-0.15, -0.1) is 12.4 Å². The van der Waals surface area contributed by atoms with Gasteiger partial charge in [-0.25, -0.2) is 0 Å². The van der Waals surface area contributed by atoms with Crippen molar-refractivity contribution in [3.63, 3.8) is 0 Å². The number of para-hydroxylation sites is 1. The number of ether oxygens (including phenoxy) is 1. The number of carbonyl (C=O) groups excluding carboxylic acids is 1. The number of halogens is 3. The molecule has 0 fully saturated rings. The number of carbonyl (C=O) groups is 1. The van der Waals surface area contributed by atoms with Crippen molar-refractivity contribution in [2.24, 2.45) is 5.73 Å². The van der Waals surface area contributed by atoms with Crippen molar-refractivity contribution < 1.29 is 18.3 Å². The zero-order valence-electron chi connectivity index (χ0n) is 9.73. The Hall–Kier alpha value is -1.40. The highest BCUT2D eigenvalue weighted by atomic mass is 35.5. The smallest absolute Gasteiger partial charge is 0.387 e. The predicted octanol–water partition coefficient (Wildman–Crippen LogP) is 1.79. The number of hydrogen-bond donors (Lipinski definition) is 2. The van der Waals surface area contributed by atoms with Gasteiger partial charge in [0, 0.05) is 12.6 Å². The van der Waals surface area contributed by atoms with E-state index in [-0.39, 0.29) is 36.3 Å². The van der Waals surface area contributed by atoms with Gasteiger partial charge in [-0.1, -0.05) is 12.1 Å². The fraction of sp³-hybridized carbons (Fsp3) is 0.364. The quantitative estimate of drug-likeness (QED) is 0.864. The van der Waals surface area contributed by atoms with E-state index in [9.17, 15) is 13.6 Å². The van der Waals surface area contributed by atoms with Crippen molar-refractivity contribution in [2.45, 2.75) is 19.6 Å². The van der Waals surface area contributed by atoms with E-state index in [0.717, 1.165) is 0 Å². The molecule has 0 saturated carbocycles. The minimum absolute atomic E-state index is 0. The van der Waals surface area contributed by atoms with E-state index >= 15 is 0 Å². The van der Waals surface area contributed by atoms with Gasteiger partial charge in [-0.05, 0) is 19.1 Å². The van der Waals surface area contributed by atoms with E-state index in [1.807, 2.05) is 0 Å². The molecule has 18 heavy (non-hydrogen) atoms. The number of nitrogens with one attached hydrogen (secondary N) is 1. The Morgan fingerprint density at radius 1 is 1.44 bits per heavy atom. The van der Waals surface area contributed by atoms with E-state index < -0.39 is 12.5 Å². The Morgan fingerprint density at radius 3 is 2.61 bits per heavy atom. The minimum atomic E-state index is -2.96. The maximum atomic E-state index is 12.1. The Kier molecular flexibility index (Phi) is 7.23. The van der Waals surface area contributed by atoms with Gasteiger partial charge in [0.05, 0.1) is 5.56 Å². The van der Waals surface area contributed by atoms with Crippen molar-refractivity contribution in [1.82, 2.24) is 5.32 Å². The second-order valence-electron chi connectivity index (χ2n) is 3.48. The lowest BCUT2D eigenvalue weighted by Gasteiger charge is -2.14. The molecule has 0 aliphatic carbocycles. The van der Waals surface area contributed by atoms with E-state index in [2.05, 4.69) is 10.1 Å². The van der Waals surface area contributed by atoms with Crippen LogP contribution < -0.4 is 15.8 Å². The maximum Gasteiger partial charge on any atom is 0.387 e. The van der Waals surface area contributed by atoms with Gasteiger partial charge in [0.15, 0.2) is 0 Å². The first-order chi connectivity index (χ1) is 8.04. The van der Waals surface area contributed by atoms with Crippen LogP contribution >= 0.6 is 12.4 Å². The first kappa shape index (κ1) is 16.6. The normalized spacial score (nSPS) is 11.6. The molecule has 1 atom stereocenters. The van der Waals surface area contributed by atoms with Crippen LogP contribution in [0, 0.1) is 0 Å². The first-order valence-corrected chi connectivity index (χ1v) is 5.09. The average Bonchev–Trinajstić information content (AvgIpc) is 2.28. The van der Waals surface area contributed by atoms with Crippen LogP contribution in [0.5, 0.6) is 5.75 Å². The second kappa shape index (κ2) is 7.84. The van der Waals surface area contributed by atoms with Gasteiger partial charge in [0.1, 0.15) is 5.75 Å². The van der Waals surface area contributed by atoms with Crippen LogP contribution in [0.2, 0.25) is 0 Å². The van der Waals surface area contributed by atoms with Gasteiger partial charge in [-0.2, -0.15) is 8.78 Å². The number of rotatable bonds is 5. The molecule has 0 spiro atoms.